The van der Waals surface area contributed by atoms with Gasteiger partial charge in [-0.1, -0.05) is 13.3 Å². The number of nitrogens with zero attached hydrogens (tertiary/aromatic N) is 1. The maximum Gasteiger partial charge on any atom is 0.108 e. The Hall–Kier alpha value is -0.120. The van der Waals surface area contributed by atoms with E-state index in [1.54, 1.807) is 14.1 Å². The molecule has 0 rings (SSSR count). The minimum atomic E-state index is 0. The molecule has 0 radical (unpaired) electrons. The normalized spacial score (nSPS) is 10.7. The Morgan fingerprint density at radius 1 is 1.33 bits per heavy atom. The Morgan fingerprint density at radius 2 is 1.78 bits per heavy atom. The van der Waals surface area contributed by atoms with Crippen LogP contribution in [0.5, 0.6) is 0 Å². The molecule has 3 nitrogen and oxygen atoms in total. The molecule has 9 heavy (non-hydrogen) atoms. The molecule has 0 aromatic heterocycles. The third-order valence-electron chi connectivity index (χ3n) is 1.06. The van der Waals surface area contributed by atoms with Gasteiger partial charge in [0.25, 0.3) is 0 Å². The predicted molar refractivity (Wildman–Crippen MR) is 35.6 cm³/mol. The van der Waals surface area contributed by atoms with Crippen LogP contribution in [0.2, 0.25) is 0 Å². The molecular weight excluding hydrogens is 118 g/mol. The van der Waals surface area contributed by atoms with Crippen molar-refractivity contribution in [1.82, 2.24) is 0 Å². The van der Waals surface area contributed by atoms with Crippen LogP contribution in [0.25, 0.3) is 0 Å². The van der Waals surface area contributed by atoms with E-state index in [0.717, 1.165) is 19.4 Å². The van der Waals surface area contributed by atoms with E-state index in [0.29, 0.717) is 0 Å². The van der Waals surface area contributed by atoms with Crippen molar-refractivity contribution in [3.63, 3.8) is 0 Å². The highest BCUT2D eigenvalue weighted by molar-refractivity contribution is 4.26. The Bertz CT molecular complexity index is 58.6. The summed E-state index contributed by atoms with van der Waals surface area (Å²) in [6, 6.07) is 0. The molecule has 0 aliphatic carbocycles. The van der Waals surface area contributed by atoms with Gasteiger partial charge < -0.3 is 5.48 Å². The van der Waals surface area contributed by atoms with Gasteiger partial charge in [-0.25, -0.2) is 5.21 Å². The second-order valence-electron chi connectivity index (χ2n) is 2.70. The first-order chi connectivity index (χ1) is 3.56. The molecule has 0 saturated carbocycles. The highest BCUT2D eigenvalue weighted by Gasteiger charge is 2.06. The van der Waals surface area contributed by atoms with Crippen molar-refractivity contribution in [2.75, 3.05) is 20.6 Å². The Morgan fingerprint density at radius 3 is 1.89 bits per heavy atom. The highest BCUT2D eigenvalue weighted by Crippen LogP contribution is 1.94. The third-order valence-corrected chi connectivity index (χ3v) is 1.06. The van der Waals surface area contributed by atoms with Crippen LogP contribution in [0, 0.1) is 0 Å². The van der Waals surface area contributed by atoms with E-state index in [1.807, 2.05) is 0 Å². The fraction of sp³-hybridized carbons (Fsp3) is 1.00. The molecule has 0 amide bonds. The predicted octanol–water partition coefficient (Wildman–Crippen LogP) is 1.08. The first-order valence-electron chi connectivity index (χ1n) is 3.12. The lowest BCUT2D eigenvalue weighted by Crippen LogP contribution is -2.35. The van der Waals surface area contributed by atoms with E-state index in [-0.39, 0.29) is 10.1 Å². The molecule has 58 valence electrons. The molecule has 0 saturated heterocycles. The number of hydrogen-bond donors (Lipinski definition) is 1. The standard InChI is InChI=1S/C6H16NO.H2O/c1-4-5-6-7(2,3)8;/h8H,4-6H2,1-3H3;1H2/q+1;/p-1. The number of quaternary nitrogens is 1. The van der Waals surface area contributed by atoms with Gasteiger partial charge in [-0.2, -0.15) is 4.65 Å². The van der Waals surface area contributed by atoms with Crippen LogP contribution in [0.1, 0.15) is 19.8 Å². The van der Waals surface area contributed by atoms with Gasteiger partial charge in [0.15, 0.2) is 0 Å². The zero-order valence-corrected chi connectivity index (χ0v) is 6.46. The SMILES string of the molecule is CCCC[N+](C)(C)O.[OH-]. The molecule has 0 aromatic carbocycles. The highest BCUT2D eigenvalue weighted by atomic mass is 16.5. The lowest BCUT2D eigenvalue weighted by Gasteiger charge is -2.18. The van der Waals surface area contributed by atoms with Gasteiger partial charge in [-0.15, -0.1) is 0 Å². The summed E-state index contributed by atoms with van der Waals surface area (Å²) in [6.07, 6.45) is 2.26. The first-order valence-corrected chi connectivity index (χ1v) is 3.12. The second kappa shape index (κ2) is 4.73. The molecule has 0 atom stereocenters. The fourth-order valence-electron chi connectivity index (χ4n) is 0.545. The molecule has 0 aliphatic rings. The molecule has 0 heterocycles. The summed E-state index contributed by atoms with van der Waals surface area (Å²) >= 11 is 0. The van der Waals surface area contributed by atoms with Crippen LogP contribution in [0.3, 0.4) is 0 Å². The minimum absolute atomic E-state index is 0. The van der Waals surface area contributed by atoms with Crippen LogP contribution in [-0.2, 0) is 0 Å². The molecule has 2 N–H and O–H groups in total. The molecule has 0 bridgehead atoms. The van der Waals surface area contributed by atoms with Gasteiger partial charge in [0, 0.05) is 0 Å². The largest absolute Gasteiger partial charge is 0.870 e. The Balaban J connectivity index is 0. The molecule has 0 aromatic rings. The van der Waals surface area contributed by atoms with Gasteiger partial charge in [0.1, 0.15) is 6.54 Å². The molecule has 0 spiro atoms. The second-order valence-corrected chi connectivity index (χ2v) is 2.70. The molecule has 0 aliphatic heterocycles. The summed E-state index contributed by atoms with van der Waals surface area (Å²) in [7, 11) is 3.57. The summed E-state index contributed by atoms with van der Waals surface area (Å²) in [5, 5.41) is 9.09. The quantitative estimate of drug-likeness (QED) is 0.465. The molecule has 3 heteroatoms. The van der Waals surface area contributed by atoms with Crippen LogP contribution < -0.4 is 0 Å². The Labute approximate surface area is 56.8 Å². The summed E-state index contributed by atoms with van der Waals surface area (Å²) in [5.74, 6) is 0. The van der Waals surface area contributed by atoms with Gasteiger partial charge in [-0.05, 0) is 6.42 Å². The Kier molecular flexibility index (Phi) is 6.12. The lowest BCUT2D eigenvalue weighted by molar-refractivity contribution is -1.07. The number of hydrogen-bond acceptors (Lipinski definition) is 2. The summed E-state index contributed by atoms with van der Waals surface area (Å²) in [6.45, 7) is 2.98. The van der Waals surface area contributed by atoms with E-state index in [2.05, 4.69) is 6.92 Å². The van der Waals surface area contributed by atoms with E-state index < -0.39 is 0 Å². The van der Waals surface area contributed by atoms with E-state index in [4.69, 9.17) is 5.21 Å². The van der Waals surface area contributed by atoms with E-state index in [1.165, 1.54) is 0 Å². The average Bonchev–Trinajstić information content (AvgIpc) is 1.59. The van der Waals surface area contributed by atoms with Crippen LogP contribution in [0.4, 0.5) is 0 Å². The van der Waals surface area contributed by atoms with Crippen molar-refractivity contribution in [3.05, 3.63) is 0 Å². The number of unbranched alkanes of at least 4 members (excludes halogenated alkanes) is 1. The van der Waals surface area contributed by atoms with Crippen LogP contribution in [-0.4, -0.2) is 36.0 Å². The maximum absolute atomic E-state index is 9.09. The number of hydroxylamine groups is 3. The van der Waals surface area contributed by atoms with Crippen molar-refractivity contribution in [3.8, 4) is 0 Å². The van der Waals surface area contributed by atoms with Gasteiger partial charge >= 0.3 is 0 Å². The van der Waals surface area contributed by atoms with Crippen molar-refractivity contribution < 1.29 is 15.3 Å². The van der Waals surface area contributed by atoms with Gasteiger partial charge in [0.2, 0.25) is 0 Å². The third kappa shape index (κ3) is 11.4. The summed E-state index contributed by atoms with van der Waals surface area (Å²) in [5.41, 5.74) is 0. The summed E-state index contributed by atoms with van der Waals surface area (Å²) in [4.78, 5) is 0. The molecule has 0 fully saturated rings. The van der Waals surface area contributed by atoms with Gasteiger partial charge in [0.05, 0.1) is 14.1 Å². The lowest BCUT2D eigenvalue weighted by atomic mass is 10.3. The topological polar surface area (TPSA) is 50.2 Å². The smallest absolute Gasteiger partial charge is 0.108 e. The zero-order chi connectivity index (χ0) is 6.62. The first kappa shape index (κ1) is 11.6. The molecular formula is C6H17NO2. The maximum atomic E-state index is 9.09. The van der Waals surface area contributed by atoms with Crippen LogP contribution in [0.15, 0.2) is 0 Å². The van der Waals surface area contributed by atoms with Crippen molar-refractivity contribution >= 4 is 0 Å². The minimum Gasteiger partial charge on any atom is -0.870 e. The average molecular weight is 135 g/mol. The van der Waals surface area contributed by atoms with Crippen molar-refractivity contribution in [1.29, 1.82) is 0 Å². The summed E-state index contributed by atoms with van der Waals surface area (Å²) < 4.78 is 0.105. The van der Waals surface area contributed by atoms with Gasteiger partial charge in [-0.3, -0.25) is 0 Å². The number of rotatable bonds is 3. The van der Waals surface area contributed by atoms with E-state index >= 15 is 0 Å². The van der Waals surface area contributed by atoms with Crippen LogP contribution >= 0.6 is 0 Å². The molecule has 0 unspecified atom stereocenters. The van der Waals surface area contributed by atoms with Crippen molar-refractivity contribution in [2.24, 2.45) is 0 Å². The fourth-order valence-corrected chi connectivity index (χ4v) is 0.545. The van der Waals surface area contributed by atoms with Crippen molar-refractivity contribution in [2.45, 2.75) is 19.8 Å². The monoisotopic (exact) mass is 135 g/mol. The van der Waals surface area contributed by atoms with E-state index in [9.17, 15) is 0 Å². The zero-order valence-electron chi connectivity index (χ0n) is 6.46.